The van der Waals surface area contributed by atoms with Gasteiger partial charge in [-0.05, 0) is 46.9 Å². The molecule has 2 fully saturated rings. The van der Waals surface area contributed by atoms with Gasteiger partial charge in [0.25, 0.3) is 0 Å². The normalized spacial score (nSPS) is 26.0. The number of nitrogens with zero attached hydrogens (tertiary/aromatic N) is 3. The van der Waals surface area contributed by atoms with E-state index in [9.17, 15) is 0 Å². The summed E-state index contributed by atoms with van der Waals surface area (Å²) in [5.74, 6) is 0. The maximum Gasteiger partial charge on any atom is 0.0594 e. The summed E-state index contributed by atoms with van der Waals surface area (Å²) in [6, 6.07) is 7.72. The summed E-state index contributed by atoms with van der Waals surface area (Å²) in [5.41, 5.74) is 2.79. The highest BCUT2D eigenvalue weighted by Gasteiger charge is 2.38. The lowest BCUT2D eigenvalue weighted by Crippen LogP contribution is -2.50. The standard InChI is InChI=1S/C19H25N3OS/c1-2-16(13-20-5-1)12-19-18(21-7-9-23-10-8-21)3-6-22(19)14-17-4-11-24-15-17/h1-2,4-5,11,13,15,18-19H,3,6-10,12,14H2/t18-,19+/m0/s1. The smallest absolute Gasteiger partial charge is 0.0594 e. The number of aromatic nitrogens is 1. The van der Waals surface area contributed by atoms with Crippen LogP contribution in [0.15, 0.2) is 41.4 Å². The molecule has 2 atom stereocenters. The van der Waals surface area contributed by atoms with Gasteiger partial charge in [-0.3, -0.25) is 14.8 Å². The zero-order chi connectivity index (χ0) is 16.2. The quantitative estimate of drug-likeness (QED) is 0.834. The number of hydrogen-bond donors (Lipinski definition) is 0. The third kappa shape index (κ3) is 3.70. The Balaban J connectivity index is 1.52. The van der Waals surface area contributed by atoms with E-state index in [1.807, 2.05) is 12.4 Å². The van der Waals surface area contributed by atoms with Gasteiger partial charge >= 0.3 is 0 Å². The van der Waals surface area contributed by atoms with E-state index in [1.54, 1.807) is 11.3 Å². The molecule has 2 aromatic heterocycles. The Labute approximate surface area is 148 Å². The van der Waals surface area contributed by atoms with E-state index in [2.05, 4.69) is 43.7 Å². The van der Waals surface area contributed by atoms with Gasteiger partial charge in [-0.2, -0.15) is 11.3 Å². The van der Waals surface area contributed by atoms with Crippen molar-refractivity contribution in [3.8, 4) is 0 Å². The van der Waals surface area contributed by atoms with E-state index in [1.165, 1.54) is 24.1 Å². The van der Waals surface area contributed by atoms with Crippen molar-refractivity contribution in [1.82, 2.24) is 14.8 Å². The molecule has 4 nitrogen and oxygen atoms in total. The average Bonchev–Trinajstić information content (AvgIpc) is 3.28. The SMILES string of the molecule is c1cncc(C[C@@H]2[C@@H](N3CCOCC3)CCN2Cc2ccsc2)c1. The fourth-order valence-corrected chi connectivity index (χ4v) is 4.73. The molecule has 4 heterocycles. The molecule has 0 spiro atoms. The summed E-state index contributed by atoms with van der Waals surface area (Å²) in [6.07, 6.45) is 6.23. The molecule has 128 valence electrons. The highest BCUT2D eigenvalue weighted by molar-refractivity contribution is 7.07. The van der Waals surface area contributed by atoms with Crippen molar-refractivity contribution in [1.29, 1.82) is 0 Å². The van der Waals surface area contributed by atoms with Gasteiger partial charge in [0, 0.05) is 50.7 Å². The zero-order valence-corrected chi connectivity index (χ0v) is 14.8. The van der Waals surface area contributed by atoms with Crippen molar-refractivity contribution in [3.05, 3.63) is 52.5 Å². The first kappa shape index (κ1) is 16.2. The number of hydrogen-bond acceptors (Lipinski definition) is 5. The topological polar surface area (TPSA) is 28.6 Å². The van der Waals surface area contributed by atoms with Crippen molar-refractivity contribution >= 4 is 11.3 Å². The minimum absolute atomic E-state index is 0.562. The summed E-state index contributed by atoms with van der Waals surface area (Å²) >= 11 is 1.79. The molecule has 2 aromatic rings. The molecule has 0 radical (unpaired) electrons. The Hall–Kier alpha value is -1.27. The summed E-state index contributed by atoms with van der Waals surface area (Å²) < 4.78 is 5.56. The van der Waals surface area contributed by atoms with E-state index in [0.29, 0.717) is 12.1 Å². The molecule has 0 unspecified atom stereocenters. The predicted molar refractivity (Wildman–Crippen MR) is 97.3 cm³/mol. The molecule has 0 saturated carbocycles. The maximum atomic E-state index is 5.56. The van der Waals surface area contributed by atoms with Gasteiger partial charge in [-0.15, -0.1) is 0 Å². The molecule has 2 aliphatic heterocycles. The van der Waals surface area contributed by atoms with E-state index in [-0.39, 0.29) is 0 Å². The lowest BCUT2D eigenvalue weighted by Gasteiger charge is -2.37. The highest BCUT2D eigenvalue weighted by atomic mass is 32.1. The van der Waals surface area contributed by atoms with Crippen molar-refractivity contribution in [2.75, 3.05) is 32.8 Å². The van der Waals surface area contributed by atoms with Crippen LogP contribution < -0.4 is 0 Å². The average molecular weight is 343 g/mol. The molecule has 0 aromatic carbocycles. The minimum Gasteiger partial charge on any atom is -0.379 e. The molecular weight excluding hydrogens is 318 g/mol. The van der Waals surface area contributed by atoms with Crippen LogP contribution in [0, 0.1) is 0 Å². The largest absolute Gasteiger partial charge is 0.379 e. The van der Waals surface area contributed by atoms with Crippen LogP contribution in [-0.4, -0.2) is 59.7 Å². The molecular formula is C19H25N3OS. The van der Waals surface area contributed by atoms with Crippen LogP contribution >= 0.6 is 11.3 Å². The Morgan fingerprint density at radius 1 is 1.17 bits per heavy atom. The first-order valence-electron chi connectivity index (χ1n) is 8.86. The van der Waals surface area contributed by atoms with Crippen molar-refractivity contribution < 1.29 is 4.74 Å². The number of likely N-dealkylation sites (tertiary alicyclic amines) is 1. The highest BCUT2D eigenvalue weighted by Crippen LogP contribution is 2.28. The Morgan fingerprint density at radius 2 is 2.08 bits per heavy atom. The molecule has 2 aliphatic rings. The molecule has 0 N–H and O–H groups in total. The molecule has 4 rings (SSSR count). The molecule has 5 heteroatoms. The van der Waals surface area contributed by atoms with Crippen LogP contribution in [-0.2, 0) is 17.7 Å². The van der Waals surface area contributed by atoms with Gasteiger partial charge in [-0.25, -0.2) is 0 Å². The summed E-state index contributed by atoms with van der Waals surface area (Å²) in [6.45, 7) is 6.14. The lowest BCUT2D eigenvalue weighted by atomic mass is 9.99. The van der Waals surface area contributed by atoms with Gasteiger partial charge in [0.2, 0.25) is 0 Å². The second-order valence-electron chi connectivity index (χ2n) is 6.74. The maximum absolute atomic E-state index is 5.56. The number of ether oxygens (including phenoxy) is 1. The number of thiophene rings is 1. The van der Waals surface area contributed by atoms with Crippen molar-refractivity contribution in [3.63, 3.8) is 0 Å². The fraction of sp³-hybridized carbons (Fsp3) is 0.526. The molecule has 0 aliphatic carbocycles. The molecule has 24 heavy (non-hydrogen) atoms. The Bertz CT molecular complexity index is 613. The summed E-state index contributed by atoms with van der Waals surface area (Å²) in [5, 5.41) is 4.46. The van der Waals surface area contributed by atoms with Gasteiger partial charge in [0.1, 0.15) is 0 Å². The van der Waals surface area contributed by atoms with Crippen molar-refractivity contribution in [2.24, 2.45) is 0 Å². The molecule has 0 bridgehead atoms. The van der Waals surface area contributed by atoms with Crippen LogP contribution in [0.4, 0.5) is 0 Å². The van der Waals surface area contributed by atoms with Crippen LogP contribution in [0.5, 0.6) is 0 Å². The fourth-order valence-electron chi connectivity index (χ4n) is 4.07. The number of morpholine rings is 1. The zero-order valence-electron chi connectivity index (χ0n) is 14.0. The van der Waals surface area contributed by atoms with Crippen LogP contribution in [0.25, 0.3) is 0 Å². The van der Waals surface area contributed by atoms with Crippen molar-refractivity contribution in [2.45, 2.75) is 31.5 Å². The van der Waals surface area contributed by atoms with E-state index in [4.69, 9.17) is 4.74 Å². The third-order valence-corrected chi connectivity index (χ3v) is 6.01. The monoisotopic (exact) mass is 343 g/mol. The Morgan fingerprint density at radius 3 is 2.83 bits per heavy atom. The van der Waals surface area contributed by atoms with Gasteiger partial charge in [0.05, 0.1) is 13.2 Å². The number of rotatable bonds is 5. The first-order valence-corrected chi connectivity index (χ1v) is 9.80. The van der Waals surface area contributed by atoms with E-state index < -0.39 is 0 Å². The third-order valence-electron chi connectivity index (χ3n) is 5.27. The summed E-state index contributed by atoms with van der Waals surface area (Å²) in [4.78, 5) is 9.64. The second-order valence-corrected chi connectivity index (χ2v) is 7.52. The predicted octanol–water partition coefficient (Wildman–Crippen LogP) is 2.66. The molecule has 2 saturated heterocycles. The number of pyridine rings is 1. The van der Waals surface area contributed by atoms with E-state index >= 15 is 0 Å². The van der Waals surface area contributed by atoms with E-state index in [0.717, 1.165) is 39.3 Å². The van der Waals surface area contributed by atoms with Crippen LogP contribution in [0.1, 0.15) is 17.5 Å². The molecule has 0 amide bonds. The second kappa shape index (κ2) is 7.74. The first-order chi connectivity index (χ1) is 11.9. The minimum atomic E-state index is 0.562. The summed E-state index contributed by atoms with van der Waals surface area (Å²) in [7, 11) is 0. The van der Waals surface area contributed by atoms with Gasteiger partial charge in [0.15, 0.2) is 0 Å². The van der Waals surface area contributed by atoms with Crippen LogP contribution in [0.2, 0.25) is 0 Å². The van der Waals surface area contributed by atoms with Crippen LogP contribution in [0.3, 0.4) is 0 Å². The van der Waals surface area contributed by atoms with Gasteiger partial charge < -0.3 is 4.74 Å². The van der Waals surface area contributed by atoms with Gasteiger partial charge in [-0.1, -0.05) is 6.07 Å². The lowest BCUT2D eigenvalue weighted by molar-refractivity contribution is 0.00789. The Kier molecular flexibility index (Phi) is 5.23.